The van der Waals surface area contributed by atoms with Crippen LogP contribution in [0.2, 0.25) is 5.02 Å². The average molecular weight is 315 g/mol. The molecule has 2 atom stereocenters. The molecule has 3 N–H and O–H groups in total. The highest BCUT2D eigenvalue weighted by atomic mass is 35.5. The van der Waals surface area contributed by atoms with Crippen LogP contribution < -0.4 is 11.1 Å². The highest BCUT2D eigenvalue weighted by molar-refractivity contribution is 7.99. The maximum absolute atomic E-state index is 11.6. The number of rotatable bonds is 8. The molecule has 1 aromatic carbocycles. The summed E-state index contributed by atoms with van der Waals surface area (Å²) in [4.78, 5) is 11.6. The first kappa shape index (κ1) is 17.3. The first-order valence-electron chi connectivity index (χ1n) is 6.79. The number of benzene rings is 1. The topological polar surface area (TPSA) is 55.1 Å². The largest absolute Gasteiger partial charge is 0.368 e. The molecule has 1 rings (SSSR count). The van der Waals surface area contributed by atoms with Crippen molar-refractivity contribution in [3.05, 3.63) is 34.9 Å². The van der Waals surface area contributed by atoms with E-state index in [9.17, 15) is 4.79 Å². The molecular weight excluding hydrogens is 292 g/mol. The van der Waals surface area contributed by atoms with E-state index in [-0.39, 0.29) is 5.91 Å². The van der Waals surface area contributed by atoms with Crippen molar-refractivity contribution in [3.8, 4) is 0 Å². The van der Waals surface area contributed by atoms with Gasteiger partial charge in [-0.1, -0.05) is 43.6 Å². The van der Waals surface area contributed by atoms with Crippen LogP contribution in [-0.4, -0.2) is 23.2 Å². The predicted octanol–water partition coefficient (Wildman–Crippen LogP) is 3.21. The SMILES string of the molecule is CCNC(C)(CC(C)SCc1ccccc1Cl)C(N)=O. The summed E-state index contributed by atoms with van der Waals surface area (Å²) in [5.74, 6) is 0.534. The number of amides is 1. The van der Waals surface area contributed by atoms with Crippen molar-refractivity contribution in [3.63, 3.8) is 0 Å². The number of halogens is 1. The average Bonchev–Trinajstić information content (AvgIpc) is 2.38. The number of thioether (sulfide) groups is 1. The normalized spacial score (nSPS) is 15.6. The minimum Gasteiger partial charge on any atom is -0.368 e. The zero-order valence-corrected chi connectivity index (χ0v) is 13.9. The standard InChI is InChI=1S/C15H23ClN2OS/c1-4-18-15(3,14(17)19)9-11(2)20-10-12-7-5-6-8-13(12)16/h5-8,11,18H,4,9-10H2,1-3H3,(H2,17,19). The number of carbonyl (C=O) groups excluding carboxylic acids is 1. The minimum absolute atomic E-state index is 0.301. The Morgan fingerprint density at radius 3 is 2.70 bits per heavy atom. The second kappa shape index (κ2) is 7.91. The number of likely N-dealkylation sites (N-methyl/N-ethyl adjacent to an activating group) is 1. The Labute approximate surface area is 130 Å². The third-order valence-corrected chi connectivity index (χ3v) is 4.87. The van der Waals surface area contributed by atoms with E-state index in [0.29, 0.717) is 11.7 Å². The molecular formula is C15H23ClN2OS. The van der Waals surface area contributed by atoms with Gasteiger partial charge in [-0.05, 0) is 31.5 Å². The Bertz CT molecular complexity index is 455. The summed E-state index contributed by atoms with van der Waals surface area (Å²) in [5.41, 5.74) is 5.97. The summed E-state index contributed by atoms with van der Waals surface area (Å²) < 4.78 is 0. The van der Waals surface area contributed by atoms with E-state index < -0.39 is 5.54 Å². The first-order valence-corrected chi connectivity index (χ1v) is 8.21. The number of nitrogens with one attached hydrogen (secondary N) is 1. The molecule has 0 bridgehead atoms. The number of hydrogen-bond donors (Lipinski definition) is 2. The summed E-state index contributed by atoms with van der Waals surface area (Å²) >= 11 is 7.92. The fourth-order valence-electron chi connectivity index (χ4n) is 2.13. The quantitative estimate of drug-likeness (QED) is 0.774. The van der Waals surface area contributed by atoms with Gasteiger partial charge in [-0.2, -0.15) is 11.8 Å². The van der Waals surface area contributed by atoms with Gasteiger partial charge in [0.1, 0.15) is 0 Å². The molecule has 0 fully saturated rings. The second-order valence-corrected chi connectivity index (χ2v) is 6.98. The van der Waals surface area contributed by atoms with E-state index in [4.69, 9.17) is 17.3 Å². The summed E-state index contributed by atoms with van der Waals surface area (Å²) in [5, 5.41) is 4.28. The lowest BCUT2D eigenvalue weighted by molar-refractivity contribution is -0.124. The Morgan fingerprint density at radius 1 is 1.50 bits per heavy atom. The van der Waals surface area contributed by atoms with Gasteiger partial charge < -0.3 is 11.1 Å². The van der Waals surface area contributed by atoms with Gasteiger partial charge in [0.2, 0.25) is 5.91 Å². The lowest BCUT2D eigenvalue weighted by atomic mass is 9.95. The number of nitrogens with two attached hydrogens (primary N) is 1. The summed E-state index contributed by atoms with van der Waals surface area (Å²) in [6.07, 6.45) is 0.700. The second-order valence-electron chi connectivity index (χ2n) is 5.14. The third kappa shape index (κ3) is 5.00. The van der Waals surface area contributed by atoms with E-state index in [1.807, 2.05) is 38.1 Å². The Balaban J connectivity index is 2.56. The third-order valence-electron chi connectivity index (χ3n) is 3.29. The van der Waals surface area contributed by atoms with Gasteiger partial charge >= 0.3 is 0 Å². The predicted molar refractivity (Wildman–Crippen MR) is 88.1 cm³/mol. The molecule has 0 aliphatic heterocycles. The van der Waals surface area contributed by atoms with Gasteiger partial charge in [0.25, 0.3) is 0 Å². The van der Waals surface area contributed by atoms with Crippen LogP contribution in [0.3, 0.4) is 0 Å². The Morgan fingerprint density at radius 2 is 2.15 bits per heavy atom. The van der Waals surface area contributed by atoms with E-state index in [1.54, 1.807) is 11.8 Å². The van der Waals surface area contributed by atoms with Crippen LogP contribution in [0, 0.1) is 0 Å². The molecule has 2 unspecified atom stereocenters. The molecule has 0 saturated carbocycles. The molecule has 1 amide bonds. The van der Waals surface area contributed by atoms with Crippen molar-refractivity contribution in [2.45, 2.75) is 43.7 Å². The monoisotopic (exact) mass is 314 g/mol. The van der Waals surface area contributed by atoms with Gasteiger partial charge in [0.15, 0.2) is 0 Å². The number of primary amides is 1. The van der Waals surface area contributed by atoms with Gasteiger partial charge in [-0.25, -0.2) is 0 Å². The number of carbonyl (C=O) groups is 1. The van der Waals surface area contributed by atoms with Crippen molar-refractivity contribution in [2.75, 3.05) is 6.54 Å². The molecule has 0 aliphatic rings. The lowest BCUT2D eigenvalue weighted by Gasteiger charge is -2.29. The van der Waals surface area contributed by atoms with Gasteiger partial charge in [0, 0.05) is 16.0 Å². The smallest absolute Gasteiger partial charge is 0.237 e. The summed E-state index contributed by atoms with van der Waals surface area (Å²) in [7, 11) is 0. The number of hydrogen-bond acceptors (Lipinski definition) is 3. The molecule has 5 heteroatoms. The van der Waals surface area contributed by atoms with Crippen LogP contribution in [0.5, 0.6) is 0 Å². The van der Waals surface area contributed by atoms with Crippen LogP contribution in [0.25, 0.3) is 0 Å². The molecule has 0 radical (unpaired) electrons. The van der Waals surface area contributed by atoms with Crippen molar-refractivity contribution >= 4 is 29.3 Å². The molecule has 0 heterocycles. The van der Waals surface area contributed by atoms with Gasteiger partial charge in [-0.3, -0.25) is 4.79 Å². The van der Waals surface area contributed by atoms with Crippen LogP contribution in [0.1, 0.15) is 32.8 Å². The zero-order valence-electron chi connectivity index (χ0n) is 12.3. The zero-order chi connectivity index (χ0) is 15.2. The molecule has 112 valence electrons. The highest BCUT2D eigenvalue weighted by Gasteiger charge is 2.31. The lowest BCUT2D eigenvalue weighted by Crippen LogP contribution is -2.54. The van der Waals surface area contributed by atoms with Gasteiger partial charge in [-0.15, -0.1) is 0 Å². The van der Waals surface area contributed by atoms with E-state index in [1.165, 1.54) is 0 Å². The highest BCUT2D eigenvalue weighted by Crippen LogP contribution is 2.27. The fraction of sp³-hybridized carbons (Fsp3) is 0.533. The molecule has 0 aliphatic carbocycles. The minimum atomic E-state index is -0.651. The summed E-state index contributed by atoms with van der Waals surface area (Å²) in [6, 6.07) is 7.84. The summed E-state index contributed by atoms with van der Waals surface area (Å²) in [6.45, 7) is 6.68. The van der Waals surface area contributed by atoms with E-state index >= 15 is 0 Å². The van der Waals surface area contributed by atoms with Crippen LogP contribution in [0.4, 0.5) is 0 Å². The van der Waals surface area contributed by atoms with Gasteiger partial charge in [0.05, 0.1) is 5.54 Å². The van der Waals surface area contributed by atoms with Crippen LogP contribution >= 0.6 is 23.4 Å². The molecule has 0 spiro atoms. The van der Waals surface area contributed by atoms with Crippen LogP contribution in [-0.2, 0) is 10.5 Å². The molecule has 20 heavy (non-hydrogen) atoms. The maximum Gasteiger partial charge on any atom is 0.237 e. The molecule has 0 aromatic heterocycles. The van der Waals surface area contributed by atoms with E-state index in [2.05, 4.69) is 12.2 Å². The fourth-order valence-corrected chi connectivity index (χ4v) is 3.58. The van der Waals surface area contributed by atoms with Crippen molar-refractivity contribution < 1.29 is 4.79 Å². The van der Waals surface area contributed by atoms with Crippen molar-refractivity contribution in [1.82, 2.24) is 5.32 Å². The first-order chi connectivity index (χ1) is 9.39. The maximum atomic E-state index is 11.6. The Kier molecular flexibility index (Phi) is 6.86. The van der Waals surface area contributed by atoms with Crippen LogP contribution in [0.15, 0.2) is 24.3 Å². The molecule has 1 aromatic rings. The van der Waals surface area contributed by atoms with Crippen molar-refractivity contribution in [2.24, 2.45) is 5.73 Å². The Hall–Kier alpha value is -0.710. The molecule has 3 nitrogen and oxygen atoms in total. The molecule has 0 saturated heterocycles. The van der Waals surface area contributed by atoms with Crippen molar-refractivity contribution in [1.29, 1.82) is 0 Å². The van der Waals surface area contributed by atoms with E-state index in [0.717, 1.165) is 22.9 Å².